The monoisotopic (exact) mass is 373 g/mol. The minimum atomic E-state index is -4.84. The van der Waals surface area contributed by atoms with Crippen LogP contribution >= 0.6 is 0 Å². The van der Waals surface area contributed by atoms with Gasteiger partial charge in [-0.25, -0.2) is 4.68 Å². The molecule has 0 unspecified atom stereocenters. The minimum absolute atomic E-state index is 0.0792. The van der Waals surface area contributed by atoms with Crippen LogP contribution < -0.4 is 10.1 Å². The van der Waals surface area contributed by atoms with E-state index in [0.717, 1.165) is 11.8 Å². The molecule has 27 heavy (non-hydrogen) atoms. The Kier molecular flexibility index (Phi) is 5.25. The van der Waals surface area contributed by atoms with Gasteiger partial charge >= 0.3 is 6.36 Å². The summed E-state index contributed by atoms with van der Waals surface area (Å²) in [5.74, 6) is -1.08. The number of anilines is 1. The highest BCUT2D eigenvalue weighted by Gasteiger charge is 2.32. The molecule has 0 saturated heterocycles. The number of para-hydroxylation sites is 3. The van der Waals surface area contributed by atoms with Crippen LogP contribution in [-0.4, -0.2) is 22.1 Å². The van der Waals surface area contributed by atoms with E-state index in [-0.39, 0.29) is 5.69 Å². The fraction of sp³-hybridized carbons (Fsp3) is 0.0526. The lowest BCUT2D eigenvalue weighted by Crippen LogP contribution is -2.19. The van der Waals surface area contributed by atoms with Gasteiger partial charge in [0.15, 0.2) is 5.75 Å². The second-order valence-corrected chi connectivity index (χ2v) is 5.42. The molecule has 1 heterocycles. The summed E-state index contributed by atoms with van der Waals surface area (Å²) < 4.78 is 42.8. The second-order valence-electron chi connectivity index (χ2n) is 5.42. The summed E-state index contributed by atoms with van der Waals surface area (Å²) in [7, 11) is 0. The standard InChI is InChI=1S/C19H14F3N3O2/c20-19(21,22)27-17-9-5-4-8-16(17)24-18(26)11-10-14-12-23-25(13-14)15-6-2-1-3-7-15/h1-13H,(H,24,26)/b11-10+. The van der Waals surface area contributed by atoms with Gasteiger partial charge in [0.2, 0.25) is 5.91 Å². The van der Waals surface area contributed by atoms with Crippen LogP contribution in [0, 0.1) is 0 Å². The number of hydrogen-bond donors (Lipinski definition) is 1. The van der Waals surface area contributed by atoms with Crippen molar-refractivity contribution >= 4 is 17.7 Å². The second kappa shape index (κ2) is 7.77. The number of amides is 1. The SMILES string of the molecule is O=C(/C=C/c1cnn(-c2ccccc2)c1)Nc1ccccc1OC(F)(F)F. The molecular formula is C19H14F3N3O2. The molecule has 5 nitrogen and oxygen atoms in total. The van der Waals surface area contributed by atoms with Crippen LogP contribution in [0.2, 0.25) is 0 Å². The lowest BCUT2D eigenvalue weighted by Gasteiger charge is -2.12. The fourth-order valence-electron chi connectivity index (χ4n) is 2.27. The Morgan fingerprint density at radius 1 is 1.07 bits per heavy atom. The van der Waals surface area contributed by atoms with Crippen molar-refractivity contribution in [2.24, 2.45) is 0 Å². The maximum Gasteiger partial charge on any atom is 0.573 e. The van der Waals surface area contributed by atoms with Crippen molar-refractivity contribution in [2.45, 2.75) is 6.36 Å². The number of carbonyl (C=O) groups excluding carboxylic acids is 1. The molecular weight excluding hydrogens is 359 g/mol. The van der Waals surface area contributed by atoms with Crippen molar-refractivity contribution in [1.29, 1.82) is 0 Å². The molecule has 0 aliphatic carbocycles. The lowest BCUT2D eigenvalue weighted by molar-refractivity contribution is -0.274. The maximum atomic E-state index is 12.4. The molecule has 0 aliphatic rings. The summed E-state index contributed by atoms with van der Waals surface area (Å²) in [4.78, 5) is 12.0. The number of halogens is 3. The molecule has 0 aliphatic heterocycles. The molecule has 0 saturated carbocycles. The van der Waals surface area contributed by atoms with E-state index in [1.807, 2.05) is 30.3 Å². The van der Waals surface area contributed by atoms with Crippen molar-refractivity contribution in [2.75, 3.05) is 5.32 Å². The van der Waals surface area contributed by atoms with Gasteiger partial charge in [-0.15, -0.1) is 13.2 Å². The minimum Gasteiger partial charge on any atom is -0.404 e. The highest BCUT2D eigenvalue weighted by molar-refractivity contribution is 6.02. The van der Waals surface area contributed by atoms with Crippen molar-refractivity contribution in [3.05, 3.63) is 78.6 Å². The quantitative estimate of drug-likeness (QED) is 0.674. The van der Waals surface area contributed by atoms with Gasteiger partial charge in [0.25, 0.3) is 0 Å². The van der Waals surface area contributed by atoms with E-state index < -0.39 is 18.0 Å². The number of carbonyl (C=O) groups is 1. The Bertz CT molecular complexity index is 950. The Balaban J connectivity index is 1.67. The summed E-state index contributed by atoms with van der Waals surface area (Å²) >= 11 is 0. The van der Waals surface area contributed by atoms with E-state index in [0.29, 0.717) is 5.56 Å². The summed E-state index contributed by atoms with van der Waals surface area (Å²) in [6.45, 7) is 0. The topological polar surface area (TPSA) is 56.2 Å². The molecule has 1 aromatic heterocycles. The summed E-state index contributed by atoms with van der Waals surface area (Å²) in [5.41, 5.74) is 1.44. The van der Waals surface area contributed by atoms with E-state index in [1.54, 1.807) is 17.1 Å². The Morgan fingerprint density at radius 3 is 2.52 bits per heavy atom. The molecule has 1 N–H and O–H groups in total. The van der Waals surface area contributed by atoms with Gasteiger partial charge in [0, 0.05) is 17.8 Å². The van der Waals surface area contributed by atoms with Crippen LogP contribution in [0.15, 0.2) is 73.1 Å². The number of alkyl halides is 3. The van der Waals surface area contributed by atoms with Crippen molar-refractivity contribution in [3.63, 3.8) is 0 Å². The number of nitrogens with zero attached hydrogens (tertiary/aromatic N) is 2. The number of benzene rings is 2. The predicted molar refractivity (Wildman–Crippen MR) is 94.4 cm³/mol. The number of ether oxygens (including phenoxy) is 1. The zero-order chi connectivity index (χ0) is 19.3. The average molecular weight is 373 g/mol. The van der Waals surface area contributed by atoms with Gasteiger partial charge in [-0.2, -0.15) is 5.10 Å². The zero-order valence-corrected chi connectivity index (χ0v) is 13.9. The van der Waals surface area contributed by atoms with Gasteiger partial charge in [-0.3, -0.25) is 4.79 Å². The molecule has 8 heteroatoms. The number of nitrogens with one attached hydrogen (secondary N) is 1. The summed E-state index contributed by atoms with van der Waals surface area (Å²) in [6, 6.07) is 14.7. The molecule has 138 valence electrons. The first kappa shape index (κ1) is 18.2. The van der Waals surface area contributed by atoms with Gasteiger partial charge in [-0.05, 0) is 30.3 Å². The van der Waals surface area contributed by atoms with Crippen LogP contribution in [-0.2, 0) is 4.79 Å². The maximum absolute atomic E-state index is 12.4. The zero-order valence-electron chi connectivity index (χ0n) is 13.9. The summed E-state index contributed by atoms with van der Waals surface area (Å²) in [5, 5.41) is 6.56. The summed E-state index contributed by atoms with van der Waals surface area (Å²) in [6.07, 6.45) is 1.16. The highest BCUT2D eigenvalue weighted by atomic mass is 19.4. The third kappa shape index (κ3) is 5.21. The Hall–Kier alpha value is -3.55. The first-order chi connectivity index (χ1) is 12.9. The van der Waals surface area contributed by atoms with Gasteiger partial charge in [0.1, 0.15) is 0 Å². The molecule has 3 aromatic rings. The smallest absolute Gasteiger partial charge is 0.404 e. The predicted octanol–water partition coefficient (Wildman–Crippen LogP) is 4.42. The first-order valence-corrected chi connectivity index (χ1v) is 7.85. The lowest BCUT2D eigenvalue weighted by atomic mass is 10.2. The van der Waals surface area contributed by atoms with E-state index in [4.69, 9.17) is 0 Å². The Labute approximate surface area is 152 Å². The third-order valence-corrected chi connectivity index (χ3v) is 3.42. The Morgan fingerprint density at radius 2 is 1.78 bits per heavy atom. The molecule has 0 bridgehead atoms. The van der Waals surface area contributed by atoms with E-state index >= 15 is 0 Å². The molecule has 0 spiro atoms. The third-order valence-electron chi connectivity index (χ3n) is 3.42. The molecule has 2 aromatic carbocycles. The van der Waals surface area contributed by atoms with E-state index in [9.17, 15) is 18.0 Å². The number of hydrogen-bond acceptors (Lipinski definition) is 3. The van der Waals surface area contributed by atoms with E-state index in [1.165, 1.54) is 30.4 Å². The van der Waals surface area contributed by atoms with Gasteiger partial charge in [0.05, 0.1) is 17.6 Å². The van der Waals surface area contributed by atoms with Crippen LogP contribution in [0.4, 0.5) is 18.9 Å². The fourth-order valence-corrected chi connectivity index (χ4v) is 2.27. The van der Waals surface area contributed by atoms with Crippen LogP contribution in [0.1, 0.15) is 5.56 Å². The highest BCUT2D eigenvalue weighted by Crippen LogP contribution is 2.29. The largest absolute Gasteiger partial charge is 0.573 e. The van der Waals surface area contributed by atoms with Crippen molar-refractivity contribution in [3.8, 4) is 11.4 Å². The van der Waals surface area contributed by atoms with Crippen LogP contribution in [0.5, 0.6) is 5.75 Å². The molecule has 1 amide bonds. The molecule has 0 fully saturated rings. The van der Waals surface area contributed by atoms with Gasteiger partial charge in [-0.1, -0.05) is 30.3 Å². The molecule has 0 radical (unpaired) electrons. The van der Waals surface area contributed by atoms with Crippen LogP contribution in [0.3, 0.4) is 0 Å². The normalized spacial score (nSPS) is 11.5. The van der Waals surface area contributed by atoms with Crippen LogP contribution in [0.25, 0.3) is 11.8 Å². The number of rotatable bonds is 5. The molecule has 0 atom stereocenters. The van der Waals surface area contributed by atoms with Crippen molar-refractivity contribution < 1.29 is 22.7 Å². The van der Waals surface area contributed by atoms with Crippen molar-refractivity contribution in [1.82, 2.24) is 9.78 Å². The molecule has 3 rings (SSSR count). The van der Waals surface area contributed by atoms with Gasteiger partial charge < -0.3 is 10.1 Å². The average Bonchev–Trinajstić information content (AvgIpc) is 3.10. The van der Waals surface area contributed by atoms with E-state index in [2.05, 4.69) is 15.2 Å². The first-order valence-electron chi connectivity index (χ1n) is 7.85. The number of aromatic nitrogens is 2.